The molecule has 7 heteroatoms. The second-order valence-corrected chi connectivity index (χ2v) is 7.07. The van der Waals surface area contributed by atoms with Crippen LogP contribution in [0.2, 0.25) is 0 Å². The molecule has 1 saturated heterocycles. The van der Waals surface area contributed by atoms with Crippen molar-refractivity contribution in [1.29, 1.82) is 0 Å². The van der Waals surface area contributed by atoms with E-state index >= 15 is 0 Å². The molecule has 1 N–H and O–H groups in total. The number of ether oxygens (including phenoxy) is 1. The van der Waals surface area contributed by atoms with E-state index < -0.39 is 11.7 Å². The summed E-state index contributed by atoms with van der Waals surface area (Å²) in [6, 6.07) is 0. The molecule has 0 unspecified atom stereocenters. The summed E-state index contributed by atoms with van der Waals surface area (Å²) in [5.74, 6) is 1.30. The summed E-state index contributed by atoms with van der Waals surface area (Å²) in [5.41, 5.74) is -0.560. The predicted octanol–water partition coefficient (Wildman–Crippen LogP) is 0.646. The van der Waals surface area contributed by atoms with Crippen molar-refractivity contribution in [3.05, 3.63) is 18.2 Å². The normalized spacial score (nSPS) is 25.9. The lowest BCUT2D eigenvalue weighted by Gasteiger charge is -2.46. The Hall–Kier alpha value is -1.89. The number of piperidine rings is 1. The molecule has 3 aliphatic rings. The topological polar surface area (TPSA) is 76.5 Å². The molecule has 3 heterocycles. The van der Waals surface area contributed by atoms with Gasteiger partial charge in [-0.1, -0.05) is 6.42 Å². The minimum Gasteiger partial charge on any atom is -0.357 e. The van der Waals surface area contributed by atoms with E-state index in [-0.39, 0.29) is 17.7 Å². The van der Waals surface area contributed by atoms with Crippen LogP contribution >= 0.6 is 0 Å². The molecule has 1 atom stereocenters. The highest BCUT2D eigenvalue weighted by Gasteiger charge is 2.48. The van der Waals surface area contributed by atoms with Crippen LogP contribution in [-0.4, -0.2) is 52.5 Å². The maximum atomic E-state index is 12.5. The Labute approximate surface area is 141 Å². The van der Waals surface area contributed by atoms with Gasteiger partial charge in [0.2, 0.25) is 5.91 Å². The third-order valence-electron chi connectivity index (χ3n) is 5.73. The highest BCUT2D eigenvalue weighted by Crippen LogP contribution is 2.41. The van der Waals surface area contributed by atoms with Crippen molar-refractivity contribution >= 4 is 11.8 Å². The lowest BCUT2D eigenvalue weighted by Crippen LogP contribution is -2.55. The van der Waals surface area contributed by atoms with Gasteiger partial charge in [0.05, 0.1) is 6.54 Å². The molecule has 7 nitrogen and oxygen atoms in total. The molecular weight excluding hydrogens is 308 g/mol. The van der Waals surface area contributed by atoms with Crippen molar-refractivity contribution in [3.63, 3.8) is 0 Å². The van der Waals surface area contributed by atoms with E-state index in [1.54, 1.807) is 13.2 Å². The second kappa shape index (κ2) is 5.88. The quantitative estimate of drug-likeness (QED) is 0.862. The van der Waals surface area contributed by atoms with E-state index in [4.69, 9.17) is 4.74 Å². The molecule has 4 rings (SSSR count). The Kier molecular flexibility index (Phi) is 3.83. The zero-order chi connectivity index (χ0) is 16.7. The first-order chi connectivity index (χ1) is 11.6. The smallest absolute Gasteiger partial charge is 0.250 e. The van der Waals surface area contributed by atoms with Gasteiger partial charge in [-0.2, -0.15) is 0 Å². The Balaban J connectivity index is 1.52. The number of likely N-dealkylation sites (tertiary alicyclic amines) is 1. The van der Waals surface area contributed by atoms with Gasteiger partial charge >= 0.3 is 0 Å². The number of fused-ring (bicyclic) bond motifs is 2. The zero-order valence-electron chi connectivity index (χ0n) is 14.0. The van der Waals surface area contributed by atoms with Crippen LogP contribution in [0.15, 0.2) is 12.4 Å². The lowest BCUT2D eigenvalue weighted by atomic mass is 9.82. The first kappa shape index (κ1) is 15.6. The average molecular weight is 332 g/mol. The van der Waals surface area contributed by atoms with Gasteiger partial charge in [0.1, 0.15) is 11.4 Å². The Bertz CT molecular complexity index is 644. The summed E-state index contributed by atoms with van der Waals surface area (Å²) >= 11 is 0. The largest absolute Gasteiger partial charge is 0.357 e. The lowest BCUT2D eigenvalue weighted by molar-refractivity contribution is -0.176. The monoisotopic (exact) mass is 332 g/mol. The molecule has 1 aromatic heterocycles. The minimum atomic E-state index is -0.560. The average Bonchev–Trinajstić information content (AvgIpc) is 3.02. The predicted molar refractivity (Wildman–Crippen MR) is 86.0 cm³/mol. The molecular formula is C17H24N4O3. The number of aromatic nitrogens is 2. The van der Waals surface area contributed by atoms with Gasteiger partial charge in [0.15, 0.2) is 6.10 Å². The van der Waals surface area contributed by atoms with E-state index in [0.717, 1.165) is 18.7 Å². The number of hydrogen-bond donors (Lipinski definition) is 1. The standard InChI is InChI=1S/C17H24N4O3/c1-18-14(22)13-11-21-10-7-19-16(21)17(24-13)5-8-20(9-6-17)15(23)12-3-2-4-12/h7,10,12-13H,2-6,8-9,11H2,1H3,(H,18,22)/t13-/m1/s1. The summed E-state index contributed by atoms with van der Waals surface area (Å²) in [6.45, 7) is 1.83. The van der Waals surface area contributed by atoms with Crippen LogP contribution in [0.5, 0.6) is 0 Å². The summed E-state index contributed by atoms with van der Waals surface area (Å²) < 4.78 is 8.27. The first-order valence-corrected chi connectivity index (χ1v) is 8.83. The molecule has 1 spiro atoms. The van der Waals surface area contributed by atoms with Gasteiger partial charge in [0.25, 0.3) is 5.91 Å². The highest BCUT2D eigenvalue weighted by atomic mass is 16.5. The SMILES string of the molecule is CNC(=O)[C@H]1Cn2ccnc2C2(CCN(C(=O)C3CCC3)CC2)O1. The third kappa shape index (κ3) is 2.42. The van der Waals surface area contributed by atoms with Crippen LogP contribution in [0, 0.1) is 5.92 Å². The molecule has 0 radical (unpaired) electrons. The summed E-state index contributed by atoms with van der Waals surface area (Å²) in [7, 11) is 1.63. The number of likely N-dealkylation sites (N-methyl/N-ethyl adjacent to an activating group) is 1. The van der Waals surface area contributed by atoms with Crippen molar-refractivity contribution in [2.45, 2.75) is 50.4 Å². The van der Waals surface area contributed by atoms with Crippen molar-refractivity contribution in [3.8, 4) is 0 Å². The van der Waals surface area contributed by atoms with Crippen LogP contribution in [0.4, 0.5) is 0 Å². The van der Waals surface area contributed by atoms with Crippen molar-refractivity contribution < 1.29 is 14.3 Å². The number of nitrogens with zero attached hydrogens (tertiary/aromatic N) is 3. The number of carbonyl (C=O) groups excluding carboxylic acids is 2. The van der Waals surface area contributed by atoms with Crippen LogP contribution in [0.1, 0.15) is 37.9 Å². The number of hydrogen-bond acceptors (Lipinski definition) is 4. The molecule has 24 heavy (non-hydrogen) atoms. The highest BCUT2D eigenvalue weighted by molar-refractivity contribution is 5.81. The molecule has 0 aromatic carbocycles. The van der Waals surface area contributed by atoms with Gasteiger partial charge in [-0.3, -0.25) is 9.59 Å². The Morgan fingerprint density at radius 1 is 1.33 bits per heavy atom. The zero-order valence-corrected chi connectivity index (χ0v) is 14.0. The molecule has 2 fully saturated rings. The van der Waals surface area contributed by atoms with Crippen LogP contribution in [0.3, 0.4) is 0 Å². The molecule has 2 amide bonds. The number of nitrogens with one attached hydrogen (secondary N) is 1. The number of amides is 2. The van der Waals surface area contributed by atoms with Gasteiger partial charge in [-0.15, -0.1) is 0 Å². The minimum absolute atomic E-state index is 0.110. The maximum Gasteiger partial charge on any atom is 0.250 e. The van der Waals surface area contributed by atoms with Crippen molar-refractivity contribution in [1.82, 2.24) is 19.8 Å². The van der Waals surface area contributed by atoms with Crippen LogP contribution in [-0.2, 0) is 26.5 Å². The first-order valence-electron chi connectivity index (χ1n) is 8.83. The molecule has 1 aliphatic carbocycles. The number of rotatable bonds is 2. The molecule has 130 valence electrons. The van der Waals surface area contributed by atoms with Gasteiger partial charge in [-0.25, -0.2) is 4.98 Å². The summed E-state index contributed by atoms with van der Waals surface area (Å²) in [4.78, 5) is 31.0. The van der Waals surface area contributed by atoms with Crippen molar-refractivity contribution in [2.24, 2.45) is 5.92 Å². The van der Waals surface area contributed by atoms with Gasteiger partial charge in [0, 0.05) is 51.3 Å². The fraction of sp³-hybridized carbons (Fsp3) is 0.706. The molecule has 2 aliphatic heterocycles. The van der Waals surface area contributed by atoms with Crippen molar-refractivity contribution in [2.75, 3.05) is 20.1 Å². The Morgan fingerprint density at radius 3 is 2.71 bits per heavy atom. The fourth-order valence-corrected chi connectivity index (χ4v) is 4.04. The van der Waals surface area contributed by atoms with Crippen LogP contribution < -0.4 is 5.32 Å². The van der Waals surface area contributed by atoms with E-state index in [0.29, 0.717) is 32.5 Å². The second-order valence-electron chi connectivity index (χ2n) is 7.07. The Morgan fingerprint density at radius 2 is 2.08 bits per heavy atom. The van der Waals surface area contributed by atoms with E-state index in [9.17, 15) is 9.59 Å². The van der Waals surface area contributed by atoms with E-state index in [2.05, 4.69) is 10.3 Å². The van der Waals surface area contributed by atoms with E-state index in [1.807, 2.05) is 15.7 Å². The third-order valence-corrected chi connectivity index (χ3v) is 5.73. The molecule has 0 bridgehead atoms. The summed E-state index contributed by atoms with van der Waals surface area (Å²) in [5, 5.41) is 2.67. The van der Waals surface area contributed by atoms with Gasteiger partial charge < -0.3 is 19.5 Å². The number of imidazole rings is 1. The fourth-order valence-electron chi connectivity index (χ4n) is 4.04. The molecule has 1 aromatic rings. The maximum absolute atomic E-state index is 12.5. The van der Waals surface area contributed by atoms with Gasteiger partial charge in [-0.05, 0) is 12.8 Å². The summed E-state index contributed by atoms with van der Waals surface area (Å²) in [6.07, 6.45) is 7.76. The molecule has 1 saturated carbocycles. The number of carbonyl (C=O) groups is 2. The van der Waals surface area contributed by atoms with E-state index in [1.165, 1.54) is 6.42 Å². The van der Waals surface area contributed by atoms with Crippen LogP contribution in [0.25, 0.3) is 0 Å².